The molecule has 8 heteroatoms. The van der Waals surface area contributed by atoms with Crippen molar-refractivity contribution >= 4 is 18.4 Å². The number of aryl methyl sites for hydroxylation is 1. The van der Waals surface area contributed by atoms with Crippen LogP contribution in [-0.4, -0.2) is 41.0 Å². The molecule has 1 aliphatic rings. The number of ether oxygens (including phenoxy) is 1. The van der Waals surface area contributed by atoms with Gasteiger partial charge in [-0.15, -0.1) is 12.4 Å². The molecular formula is C27H36ClF2NO4. The molecule has 194 valence electrons. The minimum atomic E-state index is -1.09. The molecule has 3 rings (SSSR count). The summed E-state index contributed by atoms with van der Waals surface area (Å²) < 4.78 is 33.5. The van der Waals surface area contributed by atoms with Crippen molar-refractivity contribution in [3.8, 4) is 5.75 Å². The number of unbranched alkanes of at least 4 members (excludes halogenated alkanes) is 1. The van der Waals surface area contributed by atoms with Crippen molar-refractivity contribution in [2.75, 3.05) is 13.2 Å². The van der Waals surface area contributed by atoms with E-state index in [4.69, 9.17) is 9.84 Å². The van der Waals surface area contributed by atoms with Crippen LogP contribution in [0.3, 0.4) is 0 Å². The summed E-state index contributed by atoms with van der Waals surface area (Å²) in [5.41, 5.74) is 3.16. The highest BCUT2D eigenvalue weighted by Gasteiger charge is 2.28. The first-order valence-electron chi connectivity index (χ1n) is 12.0. The van der Waals surface area contributed by atoms with Crippen molar-refractivity contribution in [3.63, 3.8) is 0 Å². The average molecular weight is 512 g/mol. The number of hydrogen-bond acceptors (Lipinski definition) is 4. The number of carboxylic acids is 1. The molecular weight excluding hydrogens is 476 g/mol. The number of aliphatic hydroxyl groups is 1. The highest BCUT2D eigenvalue weighted by Crippen LogP contribution is 2.32. The summed E-state index contributed by atoms with van der Waals surface area (Å²) in [6.45, 7) is 4.31. The van der Waals surface area contributed by atoms with Gasteiger partial charge in [-0.25, -0.2) is 4.39 Å². The zero-order valence-corrected chi connectivity index (χ0v) is 21.2. The lowest BCUT2D eigenvalue weighted by Crippen LogP contribution is -2.46. The van der Waals surface area contributed by atoms with Gasteiger partial charge < -0.3 is 20.3 Å². The molecule has 35 heavy (non-hydrogen) atoms. The maximum absolute atomic E-state index is 14.2. The molecule has 1 aliphatic carbocycles. The van der Waals surface area contributed by atoms with Crippen LogP contribution < -0.4 is 10.1 Å². The summed E-state index contributed by atoms with van der Waals surface area (Å²) in [5, 5.41) is 22.5. The van der Waals surface area contributed by atoms with Crippen LogP contribution in [0.2, 0.25) is 0 Å². The first kappa shape index (κ1) is 29.0. The van der Waals surface area contributed by atoms with Gasteiger partial charge in [-0.05, 0) is 87.1 Å². The number of carbonyl (C=O) groups is 1. The van der Waals surface area contributed by atoms with Crippen molar-refractivity contribution in [3.05, 3.63) is 64.7 Å². The summed E-state index contributed by atoms with van der Waals surface area (Å²) in [5.74, 6) is -2.68. The molecule has 0 unspecified atom stereocenters. The lowest BCUT2D eigenvalue weighted by atomic mass is 9.88. The Kier molecular flexibility index (Phi) is 10.9. The zero-order valence-electron chi connectivity index (χ0n) is 20.4. The maximum atomic E-state index is 14.2. The molecule has 5 nitrogen and oxygen atoms in total. The Morgan fingerprint density at radius 2 is 1.83 bits per heavy atom. The van der Waals surface area contributed by atoms with Crippen LogP contribution in [0.4, 0.5) is 8.78 Å². The van der Waals surface area contributed by atoms with Crippen LogP contribution in [-0.2, 0) is 24.1 Å². The van der Waals surface area contributed by atoms with E-state index in [1.165, 1.54) is 17.2 Å². The third kappa shape index (κ3) is 9.06. The standard InChI is InChI=1S/C27H35F2NO4.ClH/c1-27(2,15-19-11-20-8-4-5-9-21(20)12-19)30-16-22(31)17-34-24-14-18(13-23(28)26(24)29)7-3-6-10-25(32)33;/h4-5,8-9,13-14,19,22,30-31H,3,6-7,10-12,15-17H2,1-2H3,(H,32,33);1H/t22-;/m0./s1. The average Bonchev–Trinajstić information content (AvgIpc) is 3.18. The van der Waals surface area contributed by atoms with E-state index in [0.29, 0.717) is 30.7 Å². The van der Waals surface area contributed by atoms with Gasteiger partial charge in [0.2, 0.25) is 5.82 Å². The molecule has 2 aromatic rings. The molecule has 0 amide bonds. The summed E-state index contributed by atoms with van der Waals surface area (Å²) >= 11 is 0. The summed E-state index contributed by atoms with van der Waals surface area (Å²) in [6.07, 6.45) is 3.65. The van der Waals surface area contributed by atoms with Crippen LogP contribution in [0.1, 0.15) is 56.2 Å². The Hall–Kier alpha value is -2.22. The van der Waals surface area contributed by atoms with E-state index < -0.39 is 23.7 Å². The Labute approximate surface area is 212 Å². The van der Waals surface area contributed by atoms with Crippen LogP contribution >= 0.6 is 12.4 Å². The summed E-state index contributed by atoms with van der Waals surface area (Å²) in [7, 11) is 0. The minimum absolute atomic E-state index is 0. The van der Waals surface area contributed by atoms with Gasteiger partial charge in [0.05, 0.1) is 0 Å². The number of rotatable bonds is 13. The number of fused-ring (bicyclic) bond motifs is 1. The Morgan fingerprint density at radius 1 is 1.17 bits per heavy atom. The topological polar surface area (TPSA) is 78.8 Å². The second-order valence-electron chi connectivity index (χ2n) is 9.97. The van der Waals surface area contributed by atoms with Crippen molar-refractivity contribution < 1.29 is 28.5 Å². The molecule has 0 aliphatic heterocycles. The molecule has 3 N–H and O–H groups in total. The maximum Gasteiger partial charge on any atom is 0.303 e. The van der Waals surface area contributed by atoms with Gasteiger partial charge in [0, 0.05) is 18.5 Å². The van der Waals surface area contributed by atoms with Gasteiger partial charge in [0.25, 0.3) is 0 Å². The van der Waals surface area contributed by atoms with Crippen molar-refractivity contribution in [2.45, 2.75) is 70.4 Å². The third-order valence-electron chi connectivity index (χ3n) is 6.34. The van der Waals surface area contributed by atoms with Gasteiger partial charge in [0.1, 0.15) is 12.7 Å². The quantitative estimate of drug-likeness (QED) is 0.326. The number of carboxylic acid groups (broad SMARTS) is 1. The van der Waals surface area contributed by atoms with Gasteiger partial charge in [-0.1, -0.05) is 24.3 Å². The molecule has 0 saturated heterocycles. The number of halogens is 3. The Bertz CT molecular complexity index is 961. The van der Waals surface area contributed by atoms with Gasteiger partial charge in [0.15, 0.2) is 11.6 Å². The zero-order chi connectivity index (χ0) is 24.7. The predicted octanol–water partition coefficient (Wildman–Crippen LogP) is 5.10. The van der Waals surface area contributed by atoms with Crippen LogP contribution in [0.5, 0.6) is 5.75 Å². The van der Waals surface area contributed by atoms with E-state index in [9.17, 15) is 18.7 Å². The minimum Gasteiger partial charge on any atom is -0.488 e. The largest absolute Gasteiger partial charge is 0.488 e. The molecule has 0 bridgehead atoms. The molecule has 0 radical (unpaired) electrons. The van der Waals surface area contributed by atoms with Crippen LogP contribution in [0.25, 0.3) is 0 Å². The van der Waals surface area contributed by atoms with E-state index >= 15 is 0 Å². The number of nitrogens with one attached hydrogen (secondary N) is 1. The van der Waals surface area contributed by atoms with Gasteiger partial charge in [-0.2, -0.15) is 4.39 Å². The summed E-state index contributed by atoms with van der Waals surface area (Å²) in [4.78, 5) is 10.6. The SMILES string of the molecule is CC(C)(CC1Cc2ccccc2C1)NC[C@H](O)COc1cc(CCCCC(=O)O)cc(F)c1F.Cl. The van der Waals surface area contributed by atoms with Crippen molar-refractivity contribution in [1.82, 2.24) is 5.32 Å². The first-order valence-corrected chi connectivity index (χ1v) is 12.0. The molecule has 1 atom stereocenters. The lowest BCUT2D eigenvalue weighted by molar-refractivity contribution is -0.137. The number of benzene rings is 2. The fourth-order valence-corrected chi connectivity index (χ4v) is 4.70. The molecule has 0 fully saturated rings. The first-order chi connectivity index (χ1) is 16.1. The van der Waals surface area contributed by atoms with Crippen molar-refractivity contribution in [2.24, 2.45) is 5.92 Å². The molecule has 0 saturated carbocycles. The van der Waals surface area contributed by atoms with Crippen molar-refractivity contribution in [1.29, 1.82) is 0 Å². The molecule has 0 heterocycles. The highest BCUT2D eigenvalue weighted by atomic mass is 35.5. The lowest BCUT2D eigenvalue weighted by Gasteiger charge is -2.30. The fourth-order valence-electron chi connectivity index (χ4n) is 4.70. The van der Waals surface area contributed by atoms with Crippen LogP contribution in [0, 0.1) is 17.6 Å². The van der Waals surface area contributed by atoms with E-state index in [0.717, 1.165) is 25.3 Å². The number of aliphatic hydroxyl groups excluding tert-OH is 1. The number of β-amino-alcohol motifs (C(OH)–C–C–N with tert-alkyl or cyclic N) is 1. The second-order valence-corrected chi connectivity index (χ2v) is 9.97. The fraction of sp³-hybridized carbons (Fsp3) is 0.519. The van der Waals surface area contributed by atoms with E-state index in [1.54, 1.807) is 0 Å². The Balaban J connectivity index is 0.00000432. The second kappa shape index (κ2) is 13.2. The smallest absolute Gasteiger partial charge is 0.303 e. The highest BCUT2D eigenvalue weighted by molar-refractivity contribution is 5.85. The third-order valence-corrected chi connectivity index (χ3v) is 6.34. The molecule has 0 aromatic heterocycles. The monoisotopic (exact) mass is 511 g/mol. The van der Waals surface area contributed by atoms with E-state index in [1.807, 2.05) is 0 Å². The number of aliphatic carboxylic acids is 1. The van der Waals surface area contributed by atoms with Gasteiger partial charge in [-0.3, -0.25) is 4.79 Å². The Morgan fingerprint density at radius 3 is 2.46 bits per heavy atom. The van der Waals surface area contributed by atoms with Gasteiger partial charge >= 0.3 is 5.97 Å². The number of hydrogen-bond donors (Lipinski definition) is 3. The normalized spacial score (nSPS) is 14.3. The van der Waals surface area contributed by atoms with E-state index in [2.05, 4.69) is 43.4 Å². The summed E-state index contributed by atoms with van der Waals surface area (Å²) in [6, 6.07) is 11.0. The predicted molar refractivity (Wildman–Crippen MR) is 134 cm³/mol. The molecule has 2 aromatic carbocycles. The molecule has 0 spiro atoms. The van der Waals surface area contributed by atoms with E-state index in [-0.39, 0.29) is 43.3 Å². The van der Waals surface area contributed by atoms with Crippen LogP contribution in [0.15, 0.2) is 36.4 Å².